The van der Waals surface area contributed by atoms with Crippen molar-refractivity contribution in [2.24, 2.45) is 0 Å². The molecule has 0 saturated heterocycles. The summed E-state index contributed by atoms with van der Waals surface area (Å²) in [4.78, 5) is 4.33. The number of aryl methyl sites for hydroxylation is 5. The van der Waals surface area contributed by atoms with E-state index in [9.17, 15) is 0 Å². The number of nitrogens with zero attached hydrogens (tertiary/aromatic N) is 2. The topological polar surface area (TPSA) is 6.48 Å². The van der Waals surface area contributed by atoms with Crippen LogP contribution in [0.3, 0.4) is 0 Å². The Balaban J connectivity index is 0.000000114. The second kappa shape index (κ2) is 26.0. The predicted octanol–water partition coefficient (Wildman–Crippen LogP) is 17.7. The van der Waals surface area contributed by atoms with Gasteiger partial charge in [0.2, 0.25) is 0 Å². The van der Waals surface area contributed by atoms with Gasteiger partial charge in [-0.25, -0.2) is 0 Å². The molecule has 0 saturated carbocycles. The molecule has 75 heavy (non-hydrogen) atoms. The third kappa shape index (κ3) is 13.5. The van der Waals surface area contributed by atoms with Crippen LogP contribution in [0.2, 0.25) is 0 Å². The van der Waals surface area contributed by atoms with Crippen molar-refractivity contribution >= 4 is 11.4 Å². The van der Waals surface area contributed by atoms with E-state index >= 15 is 0 Å². The van der Waals surface area contributed by atoms with Crippen LogP contribution in [0.4, 0.5) is 11.4 Å². The summed E-state index contributed by atoms with van der Waals surface area (Å²) in [6, 6.07) is 53.4. The van der Waals surface area contributed by atoms with E-state index in [1.807, 2.05) is 54.6 Å². The van der Waals surface area contributed by atoms with E-state index in [4.69, 9.17) is 0 Å². The summed E-state index contributed by atoms with van der Waals surface area (Å²) < 4.78 is 0. The molecule has 6 aromatic carbocycles. The SMILES string of the molecule is CN(C)c1ccc2c(c1)CCc1ccccc1-2.CN(C)c1ccc2c(c1)CCc1ccccc1-2.Cc1ccccc1.[CH]1C=CC2=C3C=CC=C[C]3CCC2=C1.[CH]1C=CC=C2CC[C]3C=CC=CC3=C12.c1ccccc1. The first-order valence-corrected chi connectivity index (χ1v) is 26.9. The maximum absolute atomic E-state index is 2.32. The van der Waals surface area contributed by atoms with Gasteiger partial charge in [0.25, 0.3) is 0 Å². The largest absolute Gasteiger partial charge is 0.378 e. The summed E-state index contributed by atoms with van der Waals surface area (Å²) in [5.41, 5.74) is 24.2. The first kappa shape index (κ1) is 52.2. The molecule has 0 aromatic heterocycles. The van der Waals surface area contributed by atoms with E-state index in [1.54, 1.807) is 0 Å². The summed E-state index contributed by atoms with van der Waals surface area (Å²) in [6.45, 7) is 2.08. The number of rotatable bonds is 2. The summed E-state index contributed by atoms with van der Waals surface area (Å²) in [5.74, 6) is 2.98. The normalized spacial score (nSPS) is 16.5. The van der Waals surface area contributed by atoms with Crippen LogP contribution in [0.5, 0.6) is 0 Å². The molecule has 374 valence electrons. The molecule has 8 aliphatic rings. The van der Waals surface area contributed by atoms with Crippen molar-refractivity contribution < 1.29 is 0 Å². The zero-order valence-corrected chi connectivity index (χ0v) is 44.7. The molecule has 14 rings (SSSR count). The molecule has 0 amide bonds. The second-order valence-corrected chi connectivity index (χ2v) is 20.2. The molecular weight excluding hydrogens is 905 g/mol. The number of benzene rings is 6. The molecule has 8 aliphatic carbocycles. The maximum atomic E-state index is 2.32. The van der Waals surface area contributed by atoms with Gasteiger partial charge in [0.15, 0.2) is 0 Å². The quantitative estimate of drug-likeness (QED) is 0.171. The second-order valence-electron chi connectivity index (χ2n) is 20.2. The molecule has 2 nitrogen and oxygen atoms in total. The van der Waals surface area contributed by atoms with Gasteiger partial charge in [-0.05, 0) is 161 Å². The van der Waals surface area contributed by atoms with Crippen LogP contribution in [0.25, 0.3) is 22.3 Å². The van der Waals surface area contributed by atoms with Gasteiger partial charge in [-0.3, -0.25) is 0 Å². The highest BCUT2D eigenvalue weighted by Gasteiger charge is 2.26. The minimum Gasteiger partial charge on any atom is -0.378 e. The Morgan fingerprint density at radius 1 is 0.320 bits per heavy atom. The van der Waals surface area contributed by atoms with Gasteiger partial charge in [-0.1, -0.05) is 218 Å². The van der Waals surface area contributed by atoms with Gasteiger partial charge in [-0.2, -0.15) is 0 Å². The Morgan fingerprint density at radius 3 is 1.25 bits per heavy atom. The average molecular weight is 977 g/mol. The van der Waals surface area contributed by atoms with Crippen molar-refractivity contribution in [3.8, 4) is 22.3 Å². The molecule has 0 spiro atoms. The molecule has 0 N–H and O–H groups in total. The van der Waals surface area contributed by atoms with Crippen LogP contribution in [-0.4, -0.2) is 28.2 Å². The molecule has 6 aromatic rings. The van der Waals surface area contributed by atoms with Crippen molar-refractivity contribution in [2.45, 2.75) is 58.3 Å². The van der Waals surface area contributed by atoms with E-state index in [1.165, 1.54) is 145 Å². The summed E-state index contributed by atoms with van der Waals surface area (Å²) in [6.07, 6.45) is 44.3. The number of anilines is 2. The first-order valence-electron chi connectivity index (χ1n) is 26.9. The van der Waals surface area contributed by atoms with Crippen molar-refractivity contribution in [1.29, 1.82) is 0 Å². The smallest absolute Gasteiger partial charge is 0.0364 e. The van der Waals surface area contributed by atoms with Gasteiger partial charge in [-0.15, -0.1) is 0 Å². The fourth-order valence-corrected chi connectivity index (χ4v) is 10.7. The van der Waals surface area contributed by atoms with Crippen molar-refractivity contribution in [1.82, 2.24) is 0 Å². The van der Waals surface area contributed by atoms with E-state index in [-0.39, 0.29) is 0 Å². The summed E-state index contributed by atoms with van der Waals surface area (Å²) in [5, 5.41) is 0. The van der Waals surface area contributed by atoms with Crippen LogP contribution < -0.4 is 9.80 Å². The molecule has 4 radical (unpaired) electrons. The predicted molar refractivity (Wildman–Crippen MR) is 323 cm³/mol. The van der Waals surface area contributed by atoms with E-state index < -0.39 is 0 Å². The third-order valence-corrected chi connectivity index (χ3v) is 14.7. The Hall–Kier alpha value is -7.68. The molecule has 0 aliphatic heterocycles. The Morgan fingerprint density at radius 2 is 0.747 bits per heavy atom. The van der Waals surface area contributed by atoms with E-state index in [0.29, 0.717) is 0 Å². The first-order chi connectivity index (χ1) is 36.8. The molecule has 0 bridgehead atoms. The maximum Gasteiger partial charge on any atom is 0.0364 e. The van der Waals surface area contributed by atoms with Gasteiger partial charge in [0.05, 0.1) is 0 Å². The van der Waals surface area contributed by atoms with E-state index in [2.05, 4.69) is 240 Å². The van der Waals surface area contributed by atoms with Crippen molar-refractivity contribution in [3.63, 3.8) is 0 Å². The van der Waals surface area contributed by atoms with Gasteiger partial charge in [0.1, 0.15) is 0 Å². The fourth-order valence-electron chi connectivity index (χ4n) is 10.7. The highest BCUT2D eigenvalue weighted by molar-refractivity contribution is 5.76. The summed E-state index contributed by atoms with van der Waals surface area (Å²) in [7, 11) is 8.38. The highest BCUT2D eigenvalue weighted by Crippen LogP contribution is 2.42. The lowest BCUT2D eigenvalue weighted by Gasteiger charge is -2.28. The lowest BCUT2D eigenvalue weighted by molar-refractivity contribution is 0.842. The van der Waals surface area contributed by atoms with Crippen LogP contribution >= 0.6 is 0 Å². The zero-order chi connectivity index (χ0) is 51.8. The Bertz CT molecular complexity index is 3080. The molecule has 0 heterocycles. The van der Waals surface area contributed by atoms with Crippen LogP contribution in [-0.2, 0) is 25.7 Å². The minimum absolute atomic E-state index is 1.16. The highest BCUT2D eigenvalue weighted by atomic mass is 15.1. The summed E-state index contributed by atoms with van der Waals surface area (Å²) >= 11 is 0. The van der Waals surface area contributed by atoms with Crippen LogP contribution in [0.1, 0.15) is 53.5 Å². The standard InChI is InChI=1S/2C16H17N.2C14H12.C7H8.C6H6/c2*1-17(2)14-9-10-16-13(11-14)8-7-12-5-3-4-6-15(12)16;2*1-3-7-13-11(5-1)9-10-12-6-2-4-8-14(12)13;1-7-5-3-2-4-6-7;1-2-4-6-5-3-1/h2*3-6,9-11H,7-8H2,1-2H3;2*1-8H,9-10H2;2-6H,1H3;1-6H. The lowest BCUT2D eigenvalue weighted by Crippen LogP contribution is -2.12. The number of hydrogen-bond acceptors (Lipinski definition) is 2. The van der Waals surface area contributed by atoms with Crippen molar-refractivity contribution in [2.75, 3.05) is 38.0 Å². The number of hydrogen-bond donors (Lipinski definition) is 0. The molecule has 0 atom stereocenters. The molecular formula is C73H72N2. The average Bonchev–Trinajstić information content (AvgIpc) is 3.48. The lowest BCUT2D eigenvalue weighted by atomic mass is 9.76. The molecule has 2 heteroatoms. The van der Waals surface area contributed by atoms with Crippen LogP contribution in [0.15, 0.2) is 270 Å². The zero-order valence-electron chi connectivity index (χ0n) is 44.7. The monoisotopic (exact) mass is 977 g/mol. The number of allylic oxidation sites excluding steroid dienone is 20. The fraction of sp³-hybridized carbons (Fsp3) is 0.178. The van der Waals surface area contributed by atoms with E-state index in [0.717, 1.165) is 12.8 Å². The Labute approximate surface area is 450 Å². The van der Waals surface area contributed by atoms with Crippen LogP contribution in [0, 0.1) is 31.6 Å². The Kier molecular flexibility index (Phi) is 18.1. The minimum atomic E-state index is 1.16. The number of fused-ring (bicyclic) bond motifs is 10. The van der Waals surface area contributed by atoms with Gasteiger partial charge in [0, 0.05) is 64.2 Å². The third-order valence-electron chi connectivity index (χ3n) is 14.7. The van der Waals surface area contributed by atoms with Gasteiger partial charge >= 0.3 is 0 Å². The van der Waals surface area contributed by atoms with Crippen molar-refractivity contribution in [3.05, 3.63) is 323 Å². The molecule has 0 unspecified atom stereocenters. The van der Waals surface area contributed by atoms with Gasteiger partial charge < -0.3 is 9.80 Å². The molecule has 0 fully saturated rings.